The van der Waals surface area contributed by atoms with Crippen molar-refractivity contribution in [3.05, 3.63) is 65.0 Å². The highest BCUT2D eigenvalue weighted by atomic mass is 19.1. The Morgan fingerprint density at radius 1 is 1.29 bits per heavy atom. The number of carbonyl (C=O) groups excluding carboxylic acids is 1. The lowest BCUT2D eigenvalue weighted by atomic mass is 10.0. The number of anilines is 1. The number of hydrogen-bond donors (Lipinski definition) is 2. The van der Waals surface area contributed by atoms with Gasteiger partial charge in [-0.2, -0.15) is 5.26 Å². The molecule has 21 heavy (non-hydrogen) atoms. The molecule has 3 N–H and O–H groups in total. The molecule has 4 nitrogen and oxygen atoms in total. The maximum atomic E-state index is 13.4. The highest BCUT2D eigenvalue weighted by Crippen LogP contribution is 2.21. The first-order valence-corrected chi connectivity index (χ1v) is 6.32. The summed E-state index contributed by atoms with van der Waals surface area (Å²) in [6.07, 6.45) is 0. The summed E-state index contributed by atoms with van der Waals surface area (Å²) in [5, 5.41) is 11.7. The molecule has 1 atom stereocenters. The van der Waals surface area contributed by atoms with E-state index in [-0.39, 0.29) is 5.82 Å². The summed E-state index contributed by atoms with van der Waals surface area (Å²) in [7, 11) is 0. The fraction of sp³-hybridized carbons (Fsp3) is 0.125. The van der Waals surface area contributed by atoms with E-state index in [4.69, 9.17) is 11.0 Å². The number of amides is 1. The van der Waals surface area contributed by atoms with E-state index in [1.54, 1.807) is 37.3 Å². The molecule has 106 valence electrons. The molecule has 0 heterocycles. The van der Waals surface area contributed by atoms with Crippen LogP contribution in [0.4, 0.5) is 10.1 Å². The second-order valence-corrected chi connectivity index (χ2v) is 4.73. The fourth-order valence-corrected chi connectivity index (χ4v) is 2.06. The molecular formula is C16H14FN3O. The third-order valence-corrected chi connectivity index (χ3v) is 3.01. The Morgan fingerprint density at radius 3 is 2.48 bits per heavy atom. The summed E-state index contributed by atoms with van der Waals surface area (Å²) in [6.45, 7) is 1.76. The van der Waals surface area contributed by atoms with Crippen LogP contribution in [0.2, 0.25) is 0 Å². The first-order chi connectivity index (χ1) is 9.99. The van der Waals surface area contributed by atoms with Crippen molar-refractivity contribution in [1.29, 1.82) is 5.26 Å². The van der Waals surface area contributed by atoms with E-state index in [0.717, 1.165) is 5.56 Å². The molecular weight excluding hydrogens is 269 g/mol. The monoisotopic (exact) mass is 283 g/mol. The van der Waals surface area contributed by atoms with Gasteiger partial charge in [-0.1, -0.05) is 12.1 Å². The highest BCUT2D eigenvalue weighted by Gasteiger charge is 2.18. The van der Waals surface area contributed by atoms with E-state index in [9.17, 15) is 9.18 Å². The molecule has 0 saturated heterocycles. The quantitative estimate of drug-likeness (QED) is 0.905. The van der Waals surface area contributed by atoms with Crippen molar-refractivity contribution in [1.82, 2.24) is 0 Å². The maximum Gasteiger partial charge on any atom is 0.244 e. The second-order valence-electron chi connectivity index (χ2n) is 4.73. The van der Waals surface area contributed by atoms with Gasteiger partial charge in [0.1, 0.15) is 11.9 Å². The van der Waals surface area contributed by atoms with Crippen LogP contribution in [0.3, 0.4) is 0 Å². The summed E-state index contributed by atoms with van der Waals surface area (Å²) in [5.41, 5.74) is 7.72. The molecule has 0 aliphatic rings. The molecule has 5 heteroatoms. The van der Waals surface area contributed by atoms with Crippen LogP contribution >= 0.6 is 0 Å². The van der Waals surface area contributed by atoms with Crippen LogP contribution in [0.25, 0.3) is 0 Å². The second kappa shape index (κ2) is 6.06. The van der Waals surface area contributed by atoms with Crippen molar-refractivity contribution in [3.8, 4) is 6.07 Å². The van der Waals surface area contributed by atoms with Crippen molar-refractivity contribution in [2.45, 2.75) is 13.0 Å². The molecule has 2 aromatic rings. The lowest BCUT2D eigenvalue weighted by Crippen LogP contribution is -2.27. The molecule has 0 fully saturated rings. The summed E-state index contributed by atoms with van der Waals surface area (Å²) >= 11 is 0. The maximum absolute atomic E-state index is 13.4. The van der Waals surface area contributed by atoms with E-state index in [0.29, 0.717) is 16.8 Å². The van der Waals surface area contributed by atoms with E-state index >= 15 is 0 Å². The SMILES string of the molecule is Cc1cc(F)cc(NC(C(N)=O)c2ccc(C#N)cc2)c1. The van der Waals surface area contributed by atoms with Crippen molar-refractivity contribution in [2.24, 2.45) is 5.73 Å². The molecule has 0 aliphatic carbocycles. The van der Waals surface area contributed by atoms with E-state index in [1.807, 2.05) is 6.07 Å². The molecule has 1 unspecified atom stereocenters. The zero-order valence-corrected chi connectivity index (χ0v) is 11.4. The van der Waals surface area contributed by atoms with Crippen LogP contribution in [0.1, 0.15) is 22.7 Å². The van der Waals surface area contributed by atoms with Crippen molar-refractivity contribution in [2.75, 3.05) is 5.32 Å². The summed E-state index contributed by atoms with van der Waals surface area (Å²) < 4.78 is 13.4. The highest BCUT2D eigenvalue weighted by molar-refractivity contribution is 5.84. The zero-order chi connectivity index (χ0) is 15.4. The van der Waals surface area contributed by atoms with Crippen molar-refractivity contribution in [3.63, 3.8) is 0 Å². The topological polar surface area (TPSA) is 78.9 Å². The van der Waals surface area contributed by atoms with Gasteiger partial charge in [-0.25, -0.2) is 4.39 Å². The molecule has 0 saturated carbocycles. The molecule has 0 aliphatic heterocycles. The molecule has 2 rings (SSSR count). The van der Waals surface area contributed by atoms with Crippen LogP contribution in [-0.4, -0.2) is 5.91 Å². The first-order valence-electron chi connectivity index (χ1n) is 6.32. The van der Waals surface area contributed by atoms with Crippen LogP contribution in [0, 0.1) is 24.1 Å². The number of carbonyl (C=O) groups is 1. The number of nitrogens with one attached hydrogen (secondary N) is 1. The van der Waals surface area contributed by atoms with E-state index < -0.39 is 11.9 Å². The number of hydrogen-bond acceptors (Lipinski definition) is 3. The Kier molecular flexibility index (Phi) is 4.19. The Labute approximate surface area is 122 Å². The number of aryl methyl sites for hydroxylation is 1. The Morgan fingerprint density at radius 2 is 1.95 bits per heavy atom. The Balaban J connectivity index is 2.30. The average Bonchev–Trinajstić information content (AvgIpc) is 2.43. The third kappa shape index (κ3) is 3.57. The van der Waals surface area contributed by atoms with E-state index in [2.05, 4.69) is 5.32 Å². The molecule has 2 aromatic carbocycles. The van der Waals surface area contributed by atoms with Crippen LogP contribution in [-0.2, 0) is 4.79 Å². The van der Waals surface area contributed by atoms with Gasteiger partial charge in [0.2, 0.25) is 5.91 Å². The number of benzene rings is 2. The van der Waals surface area contributed by atoms with Crippen LogP contribution in [0.5, 0.6) is 0 Å². The minimum Gasteiger partial charge on any atom is -0.370 e. The van der Waals surface area contributed by atoms with Gasteiger partial charge in [0.15, 0.2) is 0 Å². The predicted octanol–water partition coefficient (Wildman–Crippen LogP) is 2.64. The van der Waals surface area contributed by atoms with Crippen molar-refractivity contribution >= 4 is 11.6 Å². The lowest BCUT2D eigenvalue weighted by molar-refractivity contribution is -0.118. The minimum atomic E-state index is -0.793. The van der Waals surface area contributed by atoms with Gasteiger partial charge in [-0.05, 0) is 48.4 Å². The Hall–Kier alpha value is -2.87. The van der Waals surface area contributed by atoms with E-state index in [1.165, 1.54) is 12.1 Å². The predicted molar refractivity (Wildman–Crippen MR) is 77.9 cm³/mol. The summed E-state index contributed by atoms with van der Waals surface area (Å²) in [4.78, 5) is 11.6. The van der Waals surface area contributed by atoms with Crippen molar-refractivity contribution < 1.29 is 9.18 Å². The Bertz CT molecular complexity index is 684. The molecule has 1 amide bonds. The normalized spacial score (nSPS) is 11.5. The number of rotatable bonds is 4. The molecule has 0 radical (unpaired) electrons. The standard InChI is InChI=1S/C16H14FN3O/c1-10-6-13(17)8-14(7-10)20-15(16(19)21)12-4-2-11(9-18)3-5-12/h2-8,15,20H,1H3,(H2,19,21). The van der Waals surface area contributed by atoms with Gasteiger partial charge in [-0.15, -0.1) is 0 Å². The van der Waals surface area contributed by atoms with Crippen LogP contribution in [0.15, 0.2) is 42.5 Å². The number of nitriles is 1. The summed E-state index contributed by atoms with van der Waals surface area (Å²) in [5.74, 6) is -0.970. The van der Waals surface area contributed by atoms with Gasteiger partial charge in [0, 0.05) is 5.69 Å². The largest absolute Gasteiger partial charge is 0.370 e. The van der Waals surface area contributed by atoms with Gasteiger partial charge >= 0.3 is 0 Å². The number of primary amides is 1. The number of nitrogens with zero attached hydrogens (tertiary/aromatic N) is 1. The average molecular weight is 283 g/mol. The third-order valence-electron chi connectivity index (χ3n) is 3.01. The molecule has 0 spiro atoms. The smallest absolute Gasteiger partial charge is 0.244 e. The lowest BCUT2D eigenvalue weighted by Gasteiger charge is -2.17. The zero-order valence-electron chi connectivity index (χ0n) is 11.4. The van der Waals surface area contributed by atoms with Gasteiger partial charge < -0.3 is 11.1 Å². The number of halogens is 1. The fourth-order valence-electron chi connectivity index (χ4n) is 2.06. The number of nitrogens with two attached hydrogens (primary N) is 1. The molecule has 0 bridgehead atoms. The minimum absolute atomic E-state index is 0.388. The van der Waals surface area contributed by atoms with Gasteiger partial charge in [0.05, 0.1) is 11.6 Å². The first kappa shape index (κ1) is 14.5. The molecule has 0 aromatic heterocycles. The van der Waals surface area contributed by atoms with Gasteiger partial charge in [0.25, 0.3) is 0 Å². The van der Waals surface area contributed by atoms with Gasteiger partial charge in [-0.3, -0.25) is 4.79 Å². The summed E-state index contributed by atoms with van der Waals surface area (Å²) in [6, 6.07) is 12.1. The van der Waals surface area contributed by atoms with Crippen LogP contribution < -0.4 is 11.1 Å².